The number of alkyl halides is 1. The molecule has 0 aliphatic carbocycles. The molecule has 1 rings (SSSR count). The Morgan fingerprint density at radius 2 is 1.75 bits per heavy atom. The SMILES string of the molecule is Cc1cc(C)cc(C(F)CN)c1. The largest absolute Gasteiger partial charge is 0.327 e. The molecule has 0 saturated heterocycles. The van der Waals surface area contributed by atoms with Crippen LogP contribution in [0.4, 0.5) is 4.39 Å². The van der Waals surface area contributed by atoms with E-state index < -0.39 is 6.17 Å². The number of hydrogen-bond acceptors (Lipinski definition) is 1. The van der Waals surface area contributed by atoms with Gasteiger partial charge in [-0.3, -0.25) is 0 Å². The summed E-state index contributed by atoms with van der Waals surface area (Å²) < 4.78 is 13.1. The number of halogens is 1. The Balaban J connectivity index is 3.00. The van der Waals surface area contributed by atoms with Crippen molar-refractivity contribution in [3.05, 3.63) is 34.9 Å². The number of aryl methyl sites for hydroxylation is 2. The van der Waals surface area contributed by atoms with Gasteiger partial charge in [0.25, 0.3) is 0 Å². The lowest BCUT2D eigenvalue weighted by Gasteiger charge is -2.07. The molecule has 0 amide bonds. The first kappa shape index (κ1) is 9.20. The van der Waals surface area contributed by atoms with Crippen molar-refractivity contribution in [2.24, 2.45) is 5.73 Å². The van der Waals surface area contributed by atoms with Gasteiger partial charge < -0.3 is 5.73 Å². The van der Waals surface area contributed by atoms with Crippen LogP contribution >= 0.6 is 0 Å². The summed E-state index contributed by atoms with van der Waals surface area (Å²) in [4.78, 5) is 0. The highest BCUT2D eigenvalue weighted by Crippen LogP contribution is 2.18. The van der Waals surface area contributed by atoms with E-state index in [1.54, 1.807) is 0 Å². The minimum Gasteiger partial charge on any atom is -0.327 e. The van der Waals surface area contributed by atoms with Crippen LogP contribution in [0.25, 0.3) is 0 Å². The summed E-state index contributed by atoms with van der Waals surface area (Å²) in [5, 5.41) is 0. The zero-order chi connectivity index (χ0) is 9.14. The molecule has 0 spiro atoms. The molecule has 0 bridgehead atoms. The van der Waals surface area contributed by atoms with Gasteiger partial charge in [0.05, 0.1) is 0 Å². The fourth-order valence-corrected chi connectivity index (χ4v) is 1.33. The molecule has 1 atom stereocenters. The fraction of sp³-hybridized carbons (Fsp3) is 0.400. The Morgan fingerprint density at radius 1 is 1.25 bits per heavy atom. The lowest BCUT2D eigenvalue weighted by atomic mass is 10.0. The molecule has 0 heterocycles. The lowest BCUT2D eigenvalue weighted by molar-refractivity contribution is 0.352. The fourth-order valence-electron chi connectivity index (χ4n) is 1.33. The van der Waals surface area contributed by atoms with E-state index >= 15 is 0 Å². The van der Waals surface area contributed by atoms with Crippen LogP contribution in [0.15, 0.2) is 18.2 Å². The van der Waals surface area contributed by atoms with Crippen molar-refractivity contribution >= 4 is 0 Å². The number of benzene rings is 1. The second-order valence-corrected chi connectivity index (χ2v) is 3.12. The molecule has 0 radical (unpaired) electrons. The first-order chi connectivity index (χ1) is 5.63. The first-order valence-electron chi connectivity index (χ1n) is 4.06. The summed E-state index contributed by atoms with van der Waals surface area (Å²) in [7, 11) is 0. The molecule has 2 heteroatoms. The van der Waals surface area contributed by atoms with Crippen LogP contribution < -0.4 is 5.73 Å². The minimum absolute atomic E-state index is 0.0584. The molecule has 1 aromatic carbocycles. The van der Waals surface area contributed by atoms with Gasteiger partial charge in [-0.1, -0.05) is 29.3 Å². The van der Waals surface area contributed by atoms with Crippen molar-refractivity contribution in [2.45, 2.75) is 20.0 Å². The van der Waals surface area contributed by atoms with E-state index in [0.717, 1.165) is 11.1 Å². The van der Waals surface area contributed by atoms with E-state index in [1.165, 1.54) is 0 Å². The molecular weight excluding hydrogens is 153 g/mol. The maximum atomic E-state index is 13.1. The van der Waals surface area contributed by atoms with Crippen LogP contribution in [0.1, 0.15) is 22.9 Å². The maximum absolute atomic E-state index is 13.1. The Bertz CT molecular complexity index is 250. The summed E-state index contributed by atoms with van der Waals surface area (Å²) in [6.45, 7) is 3.97. The first-order valence-corrected chi connectivity index (χ1v) is 4.06. The van der Waals surface area contributed by atoms with Crippen LogP contribution in [-0.2, 0) is 0 Å². The predicted octanol–water partition coefficient (Wildman–Crippen LogP) is 2.27. The van der Waals surface area contributed by atoms with Crippen molar-refractivity contribution in [2.75, 3.05) is 6.54 Å². The Morgan fingerprint density at radius 3 is 2.17 bits per heavy atom. The molecule has 0 fully saturated rings. The van der Waals surface area contributed by atoms with Crippen LogP contribution in [-0.4, -0.2) is 6.54 Å². The zero-order valence-corrected chi connectivity index (χ0v) is 7.47. The number of nitrogens with two attached hydrogens (primary N) is 1. The van der Waals surface area contributed by atoms with Gasteiger partial charge in [-0.05, 0) is 19.4 Å². The van der Waals surface area contributed by atoms with Crippen molar-refractivity contribution < 1.29 is 4.39 Å². The van der Waals surface area contributed by atoms with Crippen molar-refractivity contribution in [1.82, 2.24) is 0 Å². The van der Waals surface area contributed by atoms with E-state index in [2.05, 4.69) is 0 Å². The van der Waals surface area contributed by atoms with E-state index in [-0.39, 0.29) is 6.54 Å². The summed E-state index contributed by atoms with van der Waals surface area (Å²) in [5.74, 6) is 0. The topological polar surface area (TPSA) is 26.0 Å². The van der Waals surface area contributed by atoms with Crippen molar-refractivity contribution in [3.8, 4) is 0 Å². The third-order valence-electron chi connectivity index (χ3n) is 1.81. The molecule has 1 nitrogen and oxygen atoms in total. The van der Waals surface area contributed by atoms with Gasteiger partial charge in [0.15, 0.2) is 0 Å². The van der Waals surface area contributed by atoms with Crippen LogP contribution in [0.3, 0.4) is 0 Å². The van der Waals surface area contributed by atoms with Crippen molar-refractivity contribution in [3.63, 3.8) is 0 Å². The highest BCUT2D eigenvalue weighted by molar-refractivity contribution is 5.30. The van der Waals surface area contributed by atoms with Gasteiger partial charge in [0, 0.05) is 6.54 Å². The average molecular weight is 167 g/mol. The van der Waals surface area contributed by atoms with Gasteiger partial charge in [0.2, 0.25) is 0 Å². The van der Waals surface area contributed by atoms with E-state index in [9.17, 15) is 4.39 Å². The van der Waals surface area contributed by atoms with Gasteiger partial charge in [-0.15, -0.1) is 0 Å². The Hall–Kier alpha value is -0.890. The number of hydrogen-bond donors (Lipinski definition) is 1. The minimum atomic E-state index is -1.02. The van der Waals surface area contributed by atoms with E-state index in [4.69, 9.17) is 5.73 Å². The molecule has 0 saturated carbocycles. The monoisotopic (exact) mass is 167 g/mol. The smallest absolute Gasteiger partial charge is 0.137 e. The quantitative estimate of drug-likeness (QED) is 0.718. The third kappa shape index (κ3) is 2.05. The van der Waals surface area contributed by atoms with Crippen molar-refractivity contribution in [1.29, 1.82) is 0 Å². The molecule has 12 heavy (non-hydrogen) atoms. The molecule has 1 aromatic rings. The Kier molecular flexibility index (Phi) is 2.82. The Labute approximate surface area is 72.4 Å². The van der Waals surface area contributed by atoms with Crippen LogP contribution in [0.5, 0.6) is 0 Å². The molecular formula is C10H14FN. The normalized spacial score (nSPS) is 13.0. The summed E-state index contributed by atoms with van der Waals surface area (Å²) in [6.07, 6.45) is -1.02. The molecule has 0 aliphatic heterocycles. The van der Waals surface area contributed by atoms with E-state index in [0.29, 0.717) is 5.56 Å². The van der Waals surface area contributed by atoms with Gasteiger partial charge in [0.1, 0.15) is 6.17 Å². The maximum Gasteiger partial charge on any atom is 0.137 e. The molecule has 0 aromatic heterocycles. The van der Waals surface area contributed by atoms with Gasteiger partial charge in [-0.25, -0.2) is 4.39 Å². The van der Waals surface area contributed by atoms with Gasteiger partial charge in [-0.2, -0.15) is 0 Å². The summed E-state index contributed by atoms with van der Waals surface area (Å²) in [6, 6.07) is 5.70. The molecule has 0 aliphatic rings. The predicted molar refractivity (Wildman–Crippen MR) is 48.8 cm³/mol. The lowest BCUT2D eigenvalue weighted by Crippen LogP contribution is -2.07. The van der Waals surface area contributed by atoms with Crippen LogP contribution in [0.2, 0.25) is 0 Å². The summed E-state index contributed by atoms with van der Waals surface area (Å²) >= 11 is 0. The standard InChI is InChI=1S/C10H14FN/c1-7-3-8(2)5-9(4-7)10(11)6-12/h3-5,10H,6,12H2,1-2H3. The highest BCUT2D eigenvalue weighted by Gasteiger charge is 2.07. The molecule has 66 valence electrons. The second-order valence-electron chi connectivity index (χ2n) is 3.12. The average Bonchev–Trinajstić information content (AvgIpc) is 2.01. The number of rotatable bonds is 2. The molecule has 1 unspecified atom stereocenters. The zero-order valence-electron chi connectivity index (χ0n) is 7.47. The third-order valence-corrected chi connectivity index (χ3v) is 1.81. The van der Waals surface area contributed by atoms with E-state index in [1.807, 2.05) is 32.0 Å². The highest BCUT2D eigenvalue weighted by atomic mass is 19.1. The summed E-state index contributed by atoms with van der Waals surface area (Å²) in [5.41, 5.74) is 8.09. The van der Waals surface area contributed by atoms with Gasteiger partial charge >= 0.3 is 0 Å². The van der Waals surface area contributed by atoms with Crippen LogP contribution in [0, 0.1) is 13.8 Å². The molecule has 2 N–H and O–H groups in total. The second kappa shape index (κ2) is 3.68.